The van der Waals surface area contributed by atoms with Gasteiger partial charge in [0.05, 0.1) is 18.6 Å². The molecule has 40 heavy (non-hydrogen) atoms. The number of azide groups is 1. The Morgan fingerprint density at radius 1 is 0.900 bits per heavy atom. The van der Waals surface area contributed by atoms with Gasteiger partial charge in [0.1, 0.15) is 5.60 Å². The first-order chi connectivity index (χ1) is 18.9. The average molecular weight is 557 g/mol. The van der Waals surface area contributed by atoms with E-state index in [0.717, 1.165) is 11.3 Å². The van der Waals surface area contributed by atoms with Gasteiger partial charge in [-0.25, -0.2) is 0 Å². The van der Waals surface area contributed by atoms with Crippen molar-refractivity contribution in [2.45, 2.75) is 70.7 Å². The molecule has 1 aliphatic rings. The molecule has 7 nitrogen and oxygen atoms in total. The molecule has 1 fully saturated rings. The van der Waals surface area contributed by atoms with Crippen LogP contribution in [0.25, 0.3) is 10.4 Å². The Balaban J connectivity index is 1.73. The lowest BCUT2D eigenvalue weighted by atomic mass is 10.1. The van der Waals surface area contributed by atoms with Crippen molar-refractivity contribution in [3.63, 3.8) is 0 Å². The van der Waals surface area contributed by atoms with Gasteiger partial charge in [0.25, 0.3) is 8.32 Å². The van der Waals surface area contributed by atoms with Crippen molar-refractivity contribution >= 4 is 30.3 Å². The summed E-state index contributed by atoms with van der Waals surface area (Å²) in [5, 5.41) is 6.36. The van der Waals surface area contributed by atoms with E-state index in [1.54, 1.807) is 0 Å². The molecule has 8 heteroatoms. The minimum absolute atomic E-state index is 0.163. The van der Waals surface area contributed by atoms with Crippen LogP contribution in [0.15, 0.2) is 90.0 Å². The number of hydrogen-bond donors (Lipinski definition) is 0. The van der Waals surface area contributed by atoms with Crippen LogP contribution in [-0.2, 0) is 20.4 Å². The summed E-state index contributed by atoms with van der Waals surface area (Å²) in [6.45, 7) is 13.4. The van der Waals surface area contributed by atoms with Crippen molar-refractivity contribution in [2.75, 3.05) is 18.0 Å². The number of rotatable bonds is 8. The highest BCUT2D eigenvalue weighted by atomic mass is 28.4. The lowest BCUT2D eigenvalue weighted by Gasteiger charge is -2.45. The van der Waals surface area contributed by atoms with E-state index in [4.69, 9.17) is 9.16 Å². The van der Waals surface area contributed by atoms with Gasteiger partial charge in [0.15, 0.2) is 0 Å². The van der Waals surface area contributed by atoms with Crippen LogP contribution >= 0.6 is 0 Å². The predicted octanol–water partition coefficient (Wildman–Crippen LogP) is 6.01. The summed E-state index contributed by atoms with van der Waals surface area (Å²) in [6, 6.07) is 28.4. The molecule has 0 unspecified atom stereocenters. The quantitative estimate of drug-likeness (QED) is 0.112. The van der Waals surface area contributed by atoms with E-state index in [-0.39, 0.29) is 29.6 Å². The number of anilines is 1. The molecule has 1 aliphatic heterocycles. The van der Waals surface area contributed by atoms with Crippen LogP contribution in [0.1, 0.15) is 47.1 Å². The standard InChI is InChI=1S/C32H40N4O3Si/c1-31(2,3)38-30(37)21-24-15-13-14-20-28(24)36-22-27(34-35-33)29(23-36)39-40(32(4,5)6,25-16-9-7-10-17-25)26-18-11-8-12-19-26/h7-20,27,29H,21-23H2,1-6H3/t27-,29-/m0/s1. The van der Waals surface area contributed by atoms with E-state index in [1.165, 1.54) is 10.4 Å². The molecule has 210 valence electrons. The fourth-order valence-corrected chi connectivity index (χ4v) is 10.4. The second-order valence-electron chi connectivity index (χ2n) is 12.4. The number of hydrogen-bond acceptors (Lipinski definition) is 5. The number of benzene rings is 3. The van der Waals surface area contributed by atoms with Gasteiger partial charge in [-0.2, -0.15) is 0 Å². The van der Waals surface area contributed by atoms with Crippen molar-refractivity contribution in [1.82, 2.24) is 0 Å². The third kappa shape index (κ3) is 6.41. The van der Waals surface area contributed by atoms with Gasteiger partial charge in [-0.3, -0.25) is 4.79 Å². The second-order valence-corrected chi connectivity index (χ2v) is 16.6. The van der Waals surface area contributed by atoms with Gasteiger partial charge in [0, 0.05) is 23.7 Å². The summed E-state index contributed by atoms with van der Waals surface area (Å²) in [5.41, 5.74) is 10.8. The molecule has 3 aromatic carbocycles. The first-order valence-electron chi connectivity index (χ1n) is 13.8. The highest BCUT2D eigenvalue weighted by Gasteiger charge is 2.53. The summed E-state index contributed by atoms with van der Waals surface area (Å²) in [4.78, 5) is 18.1. The summed E-state index contributed by atoms with van der Waals surface area (Å²) in [6.07, 6.45) is -0.173. The number of ether oxygens (including phenoxy) is 1. The number of carbonyl (C=O) groups excluding carboxylic acids is 1. The summed E-state index contributed by atoms with van der Waals surface area (Å²) < 4.78 is 13.0. The predicted molar refractivity (Wildman–Crippen MR) is 164 cm³/mol. The summed E-state index contributed by atoms with van der Waals surface area (Å²) >= 11 is 0. The average Bonchev–Trinajstić information content (AvgIpc) is 3.29. The molecule has 1 saturated heterocycles. The van der Waals surface area contributed by atoms with Gasteiger partial charge in [-0.15, -0.1) is 0 Å². The molecule has 0 aromatic heterocycles. The third-order valence-corrected chi connectivity index (χ3v) is 12.3. The highest BCUT2D eigenvalue weighted by molar-refractivity contribution is 6.99. The second kappa shape index (κ2) is 11.9. The van der Waals surface area contributed by atoms with E-state index in [0.29, 0.717) is 13.1 Å². The Morgan fingerprint density at radius 2 is 1.45 bits per heavy atom. The first kappa shape index (κ1) is 29.4. The van der Waals surface area contributed by atoms with Crippen LogP contribution in [-0.4, -0.2) is 45.1 Å². The Hall–Kier alpha value is -3.58. The Labute approximate surface area is 238 Å². The monoisotopic (exact) mass is 556 g/mol. The van der Waals surface area contributed by atoms with E-state index in [2.05, 4.69) is 84.2 Å². The molecule has 0 saturated carbocycles. The van der Waals surface area contributed by atoms with Crippen LogP contribution in [0.3, 0.4) is 0 Å². The Morgan fingerprint density at radius 3 is 1.98 bits per heavy atom. The van der Waals surface area contributed by atoms with Crippen LogP contribution < -0.4 is 15.3 Å². The molecular weight excluding hydrogens is 516 g/mol. The number of esters is 1. The molecule has 0 bridgehead atoms. The molecular formula is C32H40N4O3Si. The smallest absolute Gasteiger partial charge is 0.310 e. The fraction of sp³-hybridized carbons (Fsp3) is 0.406. The molecule has 0 N–H and O–H groups in total. The van der Waals surface area contributed by atoms with E-state index >= 15 is 0 Å². The lowest BCUT2D eigenvalue weighted by Crippen LogP contribution is -2.68. The zero-order valence-electron chi connectivity index (χ0n) is 24.4. The minimum atomic E-state index is -2.87. The number of para-hydroxylation sites is 1. The molecule has 4 rings (SSSR count). The van der Waals surface area contributed by atoms with Crippen LogP contribution in [0, 0.1) is 0 Å². The van der Waals surface area contributed by atoms with Crippen LogP contribution in [0.5, 0.6) is 0 Å². The topological polar surface area (TPSA) is 87.5 Å². The lowest BCUT2D eigenvalue weighted by molar-refractivity contribution is -0.153. The maximum Gasteiger partial charge on any atom is 0.310 e. The van der Waals surface area contributed by atoms with Gasteiger partial charge >= 0.3 is 5.97 Å². The van der Waals surface area contributed by atoms with Crippen molar-refractivity contribution in [1.29, 1.82) is 0 Å². The molecule has 0 spiro atoms. The highest BCUT2D eigenvalue weighted by Crippen LogP contribution is 2.39. The Bertz CT molecular complexity index is 1310. The first-order valence-corrected chi connectivity index (χ1v) is 15.7. The van der Waals surface area contributed by atoms with Crippen molar-refractivity contribution < 1.29 is 14.0 Å². The third-order valence-electron chi connectivity index (χ3n) is 7.27. The normalized spacial score (nSPS) is 17.8. The van der Waals surface area contributed by atoms with E-state index in [9.17, 15) is 10.3 Å². The van der Waals surface area contributed by atoms with Gasteiger partial charge < -0.3 is 14.1 Å². The van der Waals surface area contributed by atoms with E-state index < -0.39 is 13.9 Å². The minimum Gasteiger partial charge on any atom is -0.460 e. The molecule has 3 aromatic rings. The van der Waals surface area contributed by atoms with Crippen molar-refractivity contribution in [3.05, 3.63) is 101 Å². The van der Waals surface area contributed by atoms with E-state index in [1.807, 2.05) is 57.2 Å². The SMILES string of the molecule is CC(C)(C)OC(=O)Cc1ccccc1N1C[C@H](N=[N+]=[N-])[C@@H](O[Si](c2ccccc2)(c2ccccc2)C(C)(C)C)C1. The zero-order valence-corrected chi connectivity index (χ0v) is 25.4. The van der Waals surface area contributed by atoms with Gasteiger partial charge in [-0.1, -0.05) is 105 Å². The fourth-order valence-electron chi connectivity index (χ4n) is 5.67. The molecule has 0 amide bonds. The number of carbonyl (C=O) groups is 1. The summed E-state index contributed by atoms with van der Waals surface area (Å²) in [5.74, 6) is -0.272. The maximum absolute atomic E-state index is 12.7. The zero-order chi connectivity index (χ0) is 29.0. The molecule has 2 atom stereocenters. The Kier molecular flexibility index (Phi) is 8.73. The number of nitrogens with zero attached hydrogens (tertiary/aromatic N) is 4. The maximum atomic E-state index is 12.7. The van der Waals surface area contributed by atoms with Gasteiger partial charge in [-0.05, 0) is 53.3 Å². The van der Waals surface area contributed by atoms with Crippen LogP contribution in [0.2, 0.25) is 5.04 Å². The van der Waals surface area contributed by atoms with Crippen molar-refractivity contribution in [2.24, 2.45) is 5.11 Å². The van der Waals surface area contributed by atoms with Crippen molar-refractivity contribution in [3.8, 4) is 0 Å². The molecule has 0 radical (unpaired) electrons. The van der Waals surface area contributed by atoms with Gasteiger partial charge in [0.2, 0.25) is 0 Å². The molecule has 1 heterocycles. The molecule has 0 aliphatic carbocycles. The largest absolute Gasteiger partial charge is 0.460 e. The summed E-state index contributed by atoms with van der Waals surface area (Å²) in [7, 11) is -2.87. The van der Waals surface area contributed by atoms with Crippen LogP contribution in [0.4, 0.5) is 5.69 Å².